The van der Waals surface area contributed by atoms with Gasteiger partial charge in [-0.15, -0.1) is 16.4 Å². The molecule has 2 rings (SSSR count). The maximum absolute atomic E-state index is 12.1. The van der Waals surface area contributed by atoms with Gasteiger partial charge >= 0.3 is 6.18 Å². The Morgan fingerprint density at radius 3 is 2.69 bits per heavy atom. The number of thiazole rings is 1. The fourth-order valence-corrected chi connectivity index (χ4v) is 1.71. The molecule has 3 nitrogen and oxygen atoms in total. The molecule has 2 heterocycles. The zero-order chi connectivity index (χ0) is 9.64. The molecule has 0 unspecified atom stereocenters. The first kappa shape index (κ1) is 8.49. The van der Waals surface area contributed by atoms with Crippen molar-refractivity contribution in [1.29, 1.82) is 0 Å². The van der Waals surface area contributed by atoms with Gasteiger partial charge in [-0.2, -0.15) is 18.2 Å². The van der Waals surface area contributed by atoms with Crippen LogP contribution in [0.15, 0.2) is 5.38 Å². The highest BCUT2D eigenvalue weighted by atomic mass is 32.1. The molecule has 0 N–H and O–H groups in total. The third-order valence-electron chi connectivity index (χ3n) is 1.50. The van der Waals surface area contributed by atoms with Crippen LogP contribution < -0.4 is 0 Å². The van der Waals surface area contributed by atoms with Crippen molar-refractivity contribution in [2.24, 2.45) is 0 Å². The zero-order valence-electron chi connectivity index (χ0n) is 6.46. The molecule has 0 radical (unpaired) electrons. The molecule has 0 saturated carbocycles. The molecule has 2 aromatic rings. The van der Waals surface area contributed by atoms with Gasteiger partial charge in [0, 0.05) is 5.38 Å². The average Bonchev–Trinajstić information content (AvgIpc) is 2.51. The Morgan fingerprint density at radius 2 is 2.15 bits per heavy atom. The number of rotatable bonds is 0. The van der Waals surface area contributed by atoms with Crippen molar-refractivity contribution in [3.63, 3.8) is 0 Å². The first-order chi connectivity index (χ1) is 5.98. The summed E-state index contributed by atoms with van der Waals surface area (Å²) in [6.45, 7) is 1.68. The van der Waals surface area contributed by atoms with Crippen LogP contribution in [-0.4, -0.2) is 14.6 Å². The van der Waals surface area contributed by atoms with Crippen LogP contribution in [0.5, 0.6) is 0 Å². The fraction of sp³-hybridized carbons (Fsp3) is 0.333. The summed E-state index contributed by atoms with van der Waals surface area (Å²) in [5.41, 5.74) is 0.656. The van der Waals surface area contributed by atoms with Gasteiger partial charge in [-0.05, 0) is 6.92 Å². The molecule has 0 saturated heterocycles. The Kier molecular flexibility index (Phi) is 1.59. The average molecular weight is 207 g/mol. The zero-order valence-corrected chi connectivity index (χ0v) is 7.28. The van der Waals surface area contributed by atoms with E-state index in [2.05, 4.69) is 10.1 Å². The van der Waals surface area contributed by atoms with E-state index in [1.807, 2.05) is 0 Å². The van der Waals surface area contributed by atoms with E-state index in [-0.39, 0.29) is 4.96 Å². The quantitative estimate of drug-likeness (QED) is 0.662. The van der Waals surface area contributed by atoms with Crippen molar-refractivity contribution in [3.05, 3.63) is 16.9 Å². The Labute approximate surface area is 74.8 Å². The van der Waals surface area contributed by atoms with Gasteiger partial charge < -0.3 is 0 Å². The minimum Gasteiger partial charge on any atom is -0.208 e. The van der Waals surface area contributed by atoms with Gasteiger partial charge in [0.05, 0.1) is 5.69 Å². The second-order valence-corrected chi connectivity index (χ2v) is 3.34. The van der Waals surface area contributed by atoms with Crippen LogP contribution in [0.2, 0.25) is 0 Å². The third kappa shape index (κ3) is 1.28. The first-order valence-electron chi connectivity index (χ1n) is 3.36. The highest BCUT2D eigenvalue weighted by Crippen LogP contribution is 2.27. The van der Waals surface area contributed by atoms with Gasteiger partial charge in [0.1, 0.15) is 0 Å². The molecule has 0 atom stereocenters. The Balaban J connectivity index is 2.63. The lowest BCUT2D eigenvalue weighted by atomic mass is 10.6. The largest absolute Gasteiger partial charge is 0.453 e. The standard InChI is InChI=1S/C6H4F3N3S/c1-3-2-13-5-10-4(6(7,8)9)11-12(3)5/h2H,1H3. The Hall–Kier alpha value is -1.11. The minimum absolute atomic E-state index is 0.268. The molecule has 0 aliphatic heterocycles. The van der Waals surface area contributed by atoms with E-state index in [1.165, 1.54) is 4.52 Å². The van der Waals surface area contributed by atoms with Gasteiger partial charge in [0.2, 0.25) is 4.96 Å². The maximum atomic E-state index is 12.1. The highest BCUT2D eigenvalue weighted by Gasteiger charge is 2.36. The predicted molar refractivity (Wildman–Crippen MR) is 40.6 cm³/mol. The van der Waals surface area contributed by atoms with Crippen molar-refractivity contribution >= 4 is 16.3 Å². The summed E-state index contributed by atoms with van der Waals surface area (Å²) < 4.78 is 37.5. The number of aryl methyl sites for hydroxylation is 1. The number of nitrogens with zero attached hydrogens (tertiary/aromatic N) is 3. The van der Waals surface area contributed by atoms with Gasteiger partial charge in [0.25, 0.3) is 5.82 Å². The van der Waals surface area contributed by atoms with Crippen molar-refractivity contribution in [2.45, 2.75) is 13.1 Å². The van der Waals surface area contributed by atoms with E-state index in [0.29, 0.717) is 5.69 Å². The lowest BCUT2D eigenvalue weighted by Gasteiger charge is -1.97. The number of hydrogen-bond acceptors (Lipinski definition) is 3. The van der Waals surface area contributed by atoms with Gasteiger partial charge in [-0.3, -0.25) is 0 Å². The Bertz CT molecular complexity index is 441. The summed E-state index contributed by atoms with van der Waals surface area (Å²) >= 11 is 1.14. The summed E-state index contributed by atoms with van der Waals surface area (Å²) in [5.74, 6) is -1.08. The number of fused-ring (bicyclic) bond motifs is 1. The molecule has 0 aliphatic rings. The van der Waals surface area contributed by atoms with Crippen LogP contribution in [0.25, 0.3) is 4.96 Å². The molecule has 0 bridgehead atoms. The Morgan fingerprint density at radius 1 is 1.46 bits per heavy atom. The minimum atomic E-state index is -4.46. The molecule has 70 valence electrons. The molecule has 0 fully saturated rings. The molecule has 0 spiro atoms. The highest BCUT2D eigenvalue weighted by molar-refractivity contribution is 7.15. The number of alkyl halides is 3. The second-order valence-electron chi connectivity index (χ2n) is 2.50. The normalized spacial score (nSPS) is 12.6. The van der Waals surface area contributed by atoms with E-state index in [9.17, 15) is 13.2 Å². The third-order valence-corrected chi connectivity index (χ3v) is 2.43. The summed E-state index contributed by atoms with van der Waals surface area (Å²) in [5, 5.41) is 5.04. The second kappa shape index (κ2) is 2.44. The number of hydrogen-bond donors (Lipinski definition) is 0. The van der Waals surface area contributed by atoms with Crippen LogP contribution in [0.1, 0.15) is 11.5 Å². The van der Waals surface area contributed by atoms with E-state index < -0.39 is 12.0 Å². The van der Waals surface area contributed by atoms with Crippen LogP contribution in [0, 0.1) is 6.92 Å². The first-order valence-corrected chi connectivity index (χ1v) is 4.24. The summed E-state index contributed by atoms with van der Waals surface area (Å²) in [6.07, 6.45) is -4.46. The van der Waals surface area contributed by atoms with E-state index in [0.717, 1.165) is 11.3 Å². The van der Waals surface area contributed by atoms with Crippen molar-refractivity contribution < 1.29 is 13.2 Å². The van der Waals surface area contributed by atoms with Gasteiger partial charge in [0.15, 0.2) is 0 Å². The molecule has 7 heteroatoms. The molecular weight excluding hydrogens is 203 g/mol. The van der Waals surface area contributed by atoms with Crippen LogP contribution in [0.4, 0.5) is 13.2 Å². The summed E-state index contributed by atoms with van der Waals surface area (Å²) in [4.78, 5) is 3.62. The predicted octanol–water partition coefficient (Wildman–Crippen LogP) is 2.12. The van der Waals surface area contributed by atoms with Crippen LogP contribution >= 0.6 is 11.3 Å². The number of halogens is 3. The fourth-order valence-electron chi connectivity index (χ4n) is 0.912. The lowest BCUT2D eigenvalue weighted by molar-refractivity contribution is -0.144. The van der Waals surface area contributed by atoms with Crippen LogP contribution in [-0.2, 0) is 6.18 Å². The molecule has 0 aliphatic carbocycles. The molecule has 2 aromatic heterocycles. The molecule has 0 aromatic carbocycles. The SMILES string of the molecule is Cc1csc2nc(C(F)(F)F)nn12. The van der Waals surface area contributed by atoms with Crippen molar-refractivity contribution in [1.82, 2.24) is 14.6 Å². The van der Waals surface area contributed by atoms with Crippen molar-refractivity contribution in [2.75, 3.05) is 0 Å². The molecular formula is C6H4F3N3S. The smallest absolute Gasteiger partial charge is 0.208 e. The van der Waals surface area contributed by atoms with E-state index >= 15 is 0 Å². The topological polar surface area (TPSA) is 30.2 Å². The summed E-state index contributed by atoms with van der Waals surface area (Å²) in [6, 6.07) is 0. The van der Waals surface area contributed by atoms with E-state index in [4.69, 9.17) is 0 Å². The monoisotopic (exact) mass is 207 g/mol. The number of aromatic nitrogens is 3. The van der Waals surface area contributed by atoms with Crippen molar-refractivity contribution in [3.8, 4) is 0 Å². The maximum Gasteiger partial charge on any atom is 0.453 e. The lowest BCUT2D eigenvalue weighted by Crippen LogP contribution is -2.07. The van der Waals surface area contributed by atoms with Gasteiger partial charge in [-0.1, -0.05) is 0 Å². The summed E-state index contributed by atoms with van der Waals surface area (Å²) in [7, 11) is 0. The molecule has 13 heavy (non-hydrogen) atoms. The molecule has 0 amide bonds. The van der Waals surface area contributed by atoms with Gasteiger partial charge in [-0.25, -0.2) is 4.52 Å². The van der Waals surface area contributed by atoms with E-state index in [1.54, 1.807) is 12.3 Å². The van der Waals surface area contributed by atoms with Crippen LogP contribution in [0.3, 0.4) is 0 Å².